The summed E-state index contributed by atoms with van der Waals surface area (Å²) >= 11 is 0. The quantitative estimate of drug-likeness (QED) is 0.702. The van der Waals surface area contributed by atoms with E-state index in [1.165, 1.54) is 18.7 Å². The van der Waals surface area contributed by atoms with Crippen molar-refractivity contribution in [3.8, 4) is 0 Å². The summed E-state index contributed by atoms with van der Waals surface area (Å²) in [6, 6.07) is 0. The number of carbonyl (C=O) groups is 1. The molecule has 0 aliphatic carbocycles. The highest BCUT2D eigenvalue weighted by molar-refractivity contribution is 5.84. The van der Waals surface area contributed by atoms with E-state index in [4.69, 9.17) is 0 Å². The van der Waals surface area contributed by atoms with Crippen molar-refractivity contribution in [2.24, 2.45) is 0 Å². The number of rotatable bonds is 1. The number of nitrogens with zero attached hydrogens (tertiary/aromatic N) is 1. The van der Waals surface area contributed by atoms with Gasteiger partial charge in [0.25, 0.3) is 5.91 Å². The summed E-state index contributed by atoms with van der Waals surface area (Å²) < 4.78 is 36.8. The first-order valence-corrected chi connectivity index (χ1v) is 4.90. The zero-order valence-electron chi connectivity index (χ0n) is 9.14. The number of hydrogen-bond acceptors (Lipinski definition) is 2. The molecule has 1 rings (SSSR count). The Morgan fingerprint density at radius 1 is 1.44 bits per heavy atom. The van der Waals surface area contributed by atoms with Gasteiger partial charge >= 0.3 is 6.18 Å². The molecule has 3 nitrogen and oxygen atoms in total. The summed E-state index contributed by atoms with van der Waals surface area (Å²) in [6.45, 7) is 2.53. The maximum atomic E-state index is 12.3. The van der Waals surface area contributed by atoms with Gasteiger partial charge in [0.1, 0.15) is 5.60 Å². The fourth-order valence-corrected chi connectivity index (χ4v) is 1.50. The fraction of sp³-hybridized carbons (Fsp3) is 0.700. The molecule has 1 N–H and O–H groups in total. The highest BCUT2D eigenvalue weighted by Gasteiger charge is 2.37. The molecule has 1 aliphatic rings. The average Bonchev–Trinajstić information content (AvgIpc) is 2.14. The van der Waals surface area contributed by atoms with Crippen LogP contribution in [0.25, 0.3) is 0 Å². The Balaban J connectivity index is 2.69. The minimum absolute atomic E-state index is 0.00579. The molecule has 1 aliphatic heterocycles. The van der Waals surface area contributed by atoms with E-state index in [1.807, 2.05) is 0 Å². The van der Waals surface area contributed by atoms with Crippen LogP contribution in [0, 0.1) is 0 Å². The molecule has 0 atom stereocenters. The van der Waals surface area contributed by atoms with Crippen molar-refractivity contribution in [1.29, 1.82) is 0 Å². The highest BCUT2D eigenvalue weighted by atomic mass is 19.4. The van der Waals surface area contributed by atoms with E-state index in [9.17, 15) is 23.1 Å². The van der Waals surface area contributed by atoms with Crippen molar-refractivity contribution < 1.29 is 23.1 Å². The van der Waals surface area contributed by atoms with E-state index >= 15 is 0 Å². The molecular weight excluding hydrogens is 223 g/mol. The van der Waals surface area contributed by atoms with Crippen LogP contribution in [0.5, 0.6) is 0 Å². The van der Waals surface area contributed by atoms with Gasteiger partial charge in [-0.15, -0.1) is 0 Å². The van der Waals surface area contributed by atoms with E-state index in [0.29, 0.717) is 0 Å². The number of halogens is 3. The van der Waals surface area contributed by atoms with Crippen molar-refractivity contribution >= 4 is 5.91 Å². The van der Waals surface area contributed by atoms with Crippen LogP contribution in [0.3, 0.4) is 0 Å². The van der Waals surface area contributed by atoms with Crippen molar-refractivity contribution in [3.63, 3.8) is 0 Å². The fourth-order valence-electron chi connectivity index (χ4n) is 1.50. The summed E-state index contributed by atoms with van der Waals surface area (Å²) in [5.41, 5.74) is -2.14. The second-order valence-corrected chi connectivity index (χ2v) is 4.29. The lowest BCUT2D eigenvalue weighted by Crippen LogP contribution is -2.47. The lowest BCUT2D eigenvalue weighted by Gasteiger charge is -2.31. The Bertz CT molecular complexity index is 315. The summed E-state index contributed by atoms with van der Waals surface area (Å²) in [5.74, 6) is -0.551. The number of hydrogen-bond donors (Lipinski definition) is 1. The zero-order valence-corrected chi connectivity index (χ0v) is 9.14. The topological polar surface area (TPSA) is 40.5 Å². The van der Waals surface area contributed by atoms with Gasteiger partial charge in [0.05, 0.1) is 0 Å². The van der Waals surface area contributed by atoms with Gasteiger partial charge in [0, 0.05) is 18.7 Å². The SMILES string of the molecule is CC(C)(O)C(=O)N1CC=C(C(F)(F)F)CC1. The van der Waals surface area contributed by atoms with Gasteiger partial charge < -0.3 is 10.0 Å². The van der Waals surface area contributed by atoms with Gasteiger partial charge in [0.15, 0.2) is 0 Å². The monoisotopic (exact) mass is 237 g/mol. The van der Waals surface area contributed by atoms with Crippen LogP contribution in [-0.4, -0.2) is 40.8 Å². The van der Waals surface area contributed by atoms with Gasteiger partial charge in [-0.2, -0.15) is 13.2 Å². The third kappa shape index (κ3) is 2.98. The van der Waals surface area contributed by atoms with E-state index < -0.39 is 23.3 Å². The predicted molar refractivity (Wildman–Crippen MR) is 51.6 cm³/mol. The number of alkyl halides is 3. The smallest absolute Gasteiger partial charge is 0.381 e. The first kappa shape index (κ1) is 13.0. The summed E-state index contributed by atoms with van der Waals surface area (Å²) in [5, 5.41) is 9.43. The molecule has 0 fully saturated rings. The molecular formula is C10H14F3NO2. The molecule has 16 heavy (non-hydrogen) atoms. The largest absolute Gasteiger partial charge is 0.412 e. The van der Waals surface area contributed by atoms with Crippen LogP contribution >= 0.6 is 0 Å². The van der Waals surface area contributed by atoms with Crippen molar-refractivity contribution in [3.05, 3.63) is 11.6 Å². The first-order chi connectivity index (χ1) is 7.12. The maximum absolute atomic E-state index is 12.3. The molecule has 92 valence electrons. The van der Waals surface area contributed by atoms with Crippen molar-refractivity contribution in [1.82, 2.24) is 4.90 Å². The molecule has 0 bridgehead atoms. The second kappa shape index (κ2) is 4.08. The molecule has 0 aromatic rings. The Kier molecular flexibility index (Phi) is 3.33. The Morgan fingerprint density at radius 2 is 2.00 bits per heavy atom. The Labute approximate surface area is 91.5 Å². The highest BCUT2D eigenvalue weighted by Crippen LogP contribution is 2.30. The summed E-state index contributed by atoms with van der Waals surface area (Å²) in [6.07, 6.45) is -3.54. The van der Waals surface area contributed by atoms with Crippen LogP contribution in [0.15, 0.2) is 11.6 Å². The van der Waals surface area contributed by atoms with Crippen molar-refractivity contribution in [2.75, 3.05) is 13.1 Å². The van der Waals surface area contributed by atoms with Crippen LogP contribution in [0.4, 0.5) is 13.2 Å². The minimum atomic E-state index is -4.32. The van der Waals surface area contributed by atoms with E-state index in [-0.39, 0.29) is 19.5 Å². The van der Waals surface area contributed by atoms with E-state index in [0.717, 1.165) is 6.08 Å². The molecule has 0 aromatic heterocycles. The molecule has 1 heterocycles. The predicted octanol–water partition coefficient (Wildman–Crippen LogP) is 1.48. The lowest BCUT2D eigenvalue weighted by molar-refractivity contribution is -0.148. The lowest BCUT2D eigenvalue weighted by atomic mass is 10.0. The summed E-state index contributed by atoms with van der Waals surface area (Å²) in [4.78, 5) is 12.8. The number of aliphatic hydroxyl groups is 1. The zero-order chi connectivity index (χ0) is 12.6. The van der Waals surface area contributed by atoms with Gasteiger partial charge in [-0.1, -0.05) is 6.08 Å². The molecule has 0 saturated carbocycles. The normalized spacial score (nSPS) is 18.4. The number of amides is 1. The third-order valence-corrected chi connectivity index (χ3v) is 2.38. The van der Waals surface area contributed by atoms with Crippen LogP contribution in [-0.2, 0) is 4.79 Å². The molecule has 6 heteroatoms. The molecule has 0 saturated heterocycles. The Morgan fingerprint density at radius 3 is 2.31 bits per heavy atom. The number of carbonyl (C=O) groups excluding carboxylic acids is 1. The molecule has 0 radical (unpaired) electrons. The van der Waals surface area contributed by atoms with Crippen LogP contribution in [0.2, 0.25) is 0 Å². The molecule has 0 aromatic carbocycles. The molecule has 0 spiro atoms. The van der Waals surface area contributed by atoms with Gasteiger partial charge in [-0.3, -0.25) is 4.79 Å². The molecule has 0 unspecified atom stereocenters. The second-order valence-electron chi connectivity index (χ2n) is 4.29. The van der Waals surface area contributed by atoms with Crippen molar-refractivity contribution in [2.45, 2.75) is 32.0 Å². The standard InChI is InChI=1S/C10H14F3NO2/c1-9(2,16)8(15)14-5-3-7(4-6-14)10(11,12)13/h3,16H,4-6H2,1-2H3. The van der Waals surface area contributed by atoms with E-state index in [1.54, 1.807) is 0 Å². The Hall–Kier alpha value is -1.04. The van der Waals surface area contributed by atoms with Gasteiger partial charge in [-0.05, 0) is 20.3 Å². The summed E-state index contributed by atoms with van der Waals surface area (Å²) in [7, 11) is 0. The third-order valence-electron chi connectivity index (χ3n) is 2.38. The van der Waals surface area contributed by atoms with Crippen LogP contribution < -0.4 is 0 Å². The minimum Gasteiger partial charge on any atom is -0.381 e. The maximum Gasteiger partial charge on any atom is 0.412 e. The average molecular weight is 237 g/mol. The van der Waals surface area contributed by atoms with Crippen LogP contribution in [0.1, 0.15) is 20.3 Å². The van der Waals surface area contributed by atoms with Gasteiger partial charge in [-0.25, -0.2) is 0 Å². The molecule has 1 amide bonds. The van der Waals surface area contributed by atoms with Gasteiger partial charge in [0.2, 0.25) is 0 Å². The first-order valence-electron chi connectivity index (χ1n) is 4.90. The van der Waals surface area contributed by atoms with E-state index in [2.05, 4.69) is 0 Å².